The molecule has 0 saturated carbocycles. The molecular weight excluding hydrogens is 423 g/mol. The highest BCUT2D eigenvalue weighted by Gasteiger charge is 2.90. The summed E-state index contributed by atoms with van der Waals surface area (Å²) in [5.74, 6) is -39.4. The van der Waals surface area contributed by atoms with Crippen LogP contribution in [-0.4, -0.2) is 48.4 Å². The van der Waals surface area contributed by atoms with Crippen molar-refractivity contribution in [3.63, 3.8) is 0 Å². The van der Waals surface area contributed by atoms with E-state index >= 15 is 0 Å². The number of rotatable bonds is 7. The maximum atomic E-state index is 13.5. The van der Waals surface area contributed by atoms with E-state index in [2.05, 4.69) is 4.74 Å². The summed E-state index contributed by atoms with van der Waals surface area (Å²) < 4.78 is 171. The van der Waals surface area contributed by atoms with E-state index in [0.717, 1.165) is 6.92 Å². The summed E-state index contributed by atoms with van der Waals surface area (Å²) >= 11 is 0. The zero-order chi connectivity index (χ0) is 22.3. The van der Waals surface area contributed by atoms with Crippen LogP contribution in [0.15, 0.2) is 11.6 Å². The van der Waals surface area contributed by atoms with E-state index in [4.69, 9.17) is 0 Å². The second-order valence-electron chi connectivity index (χ2n) is 4.95. The summed E-state index contributed by atoms with van der Waals surface area (Å²) in [6.45, 7) is 0.430. The molecule has 0 bridgehead atoms. The molecule has 0 aromatic rings. The van der Waals surface area contributed by atoms with Crippen LogP contribution in [0.25, 0.3) is 0 Å². The molecule has 0 aromatic carbocycles. The Kier molecular flexibility index (Phi) is 6.59. The first kappa shape index (κ1) is 25.3. The molecule has 15 heteroatoms. The SMILES string of the molecule is CCOC(=O)/C=C(\C)C(F)(F)C(F)(F)C(F)(F)C(F)(F)C(F)(F)C(F)(F)F. The van der Waals surface area contributed by atoms with Gasteiger partial charge in [0.25, 0.3) is 0 Å². The normalized spacial score (nSPS) is 15.7. The predicted molar refractivity (Wildman–Crippen MR) is 61.2 cm³/mol. The van der Waals surface area contributed by atoms with Crippen LogP contribution in [0.3, 0.4) is 0 Å². The number of carbonyl (C=O) groups excluding carboxylic acids is 1. The molecular formula is C12H9F13O2. The smallest absolute Gasteiger partial charge is 0.460 e. The number of ether oxygens (including phenoxy) is 1. The van der Waals surface area contributed by atoms with Gasteiger partial charge in [0, 0.05) is 11.6 Å². The number of alkyl halides is 13. The average Bonchev–Trinajstić information content (AvgIpc) is 2.45. The highest BCUT2D eigenvalue weighted by molar-refractivity contribution is 5.83. The lowest BCUT2D eigenvalue weighted by Crippen LogP contribution is -2.70. The fourth-order valence-corrected chi connectivity index (χ4v) is 1.47. The monoisotopic (exact) mass is 432 g/mol. The summed E-state index contributed by atoms with van der Waals surface area (Å²) in [5.41, 5.74) is -2.35. The van der Waals surface area contributed by atoms with Gasteiger partial charge in [-0.25, -0.2) is 4.79 Å². The second-order valence-corrected chi connectivity index (χ2v) is 4.95. The Morgan fingerprint density at radius 1 is 0.741 bits per heavy atom. The molecule has 0 atom stereocenters. The topological polar surface area (TPSA) is 26.3 Å². The van der Waals surface area contributed by atoms with Gasteiger partial charge in [0.1, 0.15) is 0 Å². The molecule has 0 amide bonds. The number of carbonyl (C=O) groups is 1. The largest absolute Gasteiger partial charge is 0.463 e. The van der Waals surface area contributed by atoms with Crippen LogP contribution in [0, 0.1) is 0 Å². The van der Waals surface area contributed by atoms with Crippen molar-refractivity contribution in [2.45, 2.75) is 49.6 Å². The van der Waals surface area contributed by atoms with E-state index in [1.807, 2.05) is 0 Å². The highest BCUT2D eigenvalue weighted by Crippen LogP contribution is 2.61. The number of hydrogen-bond donors (Lipinski definition) is 0. The average molecular weight is 432 g/mol. The minimum absolute atomic E-state index is 0.152. The maximum absolute atomic E-state index is 13.5. The quantitative estimate of drug-likeness (QED) is 0.313. The molecule has 0 aliphatic carbocycles. The molecule has 0 aliphatic rings. The van der Waals surface area contributed by atoms with Gasteiger partial charge < -0.3 is 4.74 Å². The van der Waals surface area contributed by atoms with Crippen LogP contribution < -0.4 is 0 Å². The standard InChI is InChI=1S/C12H9F13O2/c1-3-27-6(26)4-5(2)7(13,14)8(15,16)9(17,18)10(19,20)11(21,22)12(23,24)25/h4H,3H2,1-2H3/b5-4+. The van der Waals surface area contributed by atoms with E-state index < -0.39 is 60.0 Å². The van der Waals surface area contributed by atoms with Crippen molar-refractivity contribution in [1.29, 1.82) is 0 Å². The van der Waals surface area contributed by atoms with Gasteiger partial charge in [-0.1, -0.05) is 0 Å². The van der Waals surface area contributed by atoms with Crippen molar-refractivity contribution in [3.05, 3.63) is 11.6 Å². The first-order valence-corrected chi connectivity index (χ1v) is 6.44. The first-order chi connectivity index (χ1) is 11.6. The third-order valence-corrected chi connectivity index (χ3v) is 3.05. The van der Waals surface area contributed by atoms with E-state index in [0.29, 0.717) is 0 Å². The van der Waals surface area contributed by atoms with Crippen LogP contribution in [-0.2, 0) is 9.53 Å². The molecule has 0 fully saturated rings. The summed E-state index contributed by atoms with van der Waals surface area (Å²) in [6.07, 6.45) is -8.01. The van der Waals surface area contributed by atoms with Gasteiger partial charge in [0.05, 0.1) is 6.61 Å². The van der Waals surface area contributed by atoms with Gasteiger partial charge >= 0.3 is 41.8 Å². The third-order valence-electron chi connectivity index (χ3n) is 3.05. The molecule has 0 aliphatic heterocycles. The first-order valence-electron chi connectivity index (χ1n) is 6.44. The van der Waals surface area contributed by atoms with Gasteiger partial charge in [-0.15, -0.1) is 0 Å². The lowest BCUT2D eigenvalue weighted by molar-refractivity contribution is -0.436. The Balaban J connectivity index is 6.35. The molecule has 0 heterocycles. The Labute approximate surface area is 141 Å². The van der Waals surface area contributed by atoms with Crippen LogP contribution in [0.4, 0.5) is 57.1 Å². The molecule has 0 spiro atoms. The minimum atomic E-state index is -7.98. The summed E-state index contributed by atoms with van der Waals surface area (Å²) in [6, 6.07) is 0. The van der Waals surface area contributed by atoms with Gasteiger partial charge in [-0.2, -0.15) is 57.1 Å². The second kappa shape index (κ2) is 7.04. The van der Waals surface area contributed by atoms with Crippen LogP contribution >= 0.6 is 0 Å². The zero-order valence-corrected chi connectivity index (χ0v) is 13.0. The minimum Gasteiger partial charge on any atom is -0.463 e. The summed E-state index contributed by atoms with van der Waals surface area (Å²) in [7, 11) is 0. The number of hydrogen-bond acceptors (Lipinski definition) is 2. The molecule has 0 saturated heterocycles. The Morgan fingerprint density at radius 2 is 1.11 bits per heavy atom. The third kappa shape index (κ3) is 3.81. The summed E-state index contributed by atoms with van der Waals surface area (Å²) in [4.78, 5) is 10.9. The Bertz CT molecular complexity index is 589. The molecule has 0 unspecified atom stereocenters. The number of esters is 1. The molecule has 0 aromatic heterocycles. The predicted octanol–water partition coefficient (Wildman–Crippen LogP) is 5.23. The molecule has 0 radical (unpaired) electrons. The zero-order valence-electron chi connectivity index (χ0n) is 13.0. The lowest BCUT2D eigenvalue weighted by atomic mass is 9.91. The molecule has 0 rings (SSSR count). The lowest BCUT2D eigenvalue weighted by Gasteiger charge is -2.39. The van der Waals surface area contributed by atoms with Gasteiger partial charge in [0.15, 0.2) is 0 Å². The van der Waals surface area contributed by atoms with Gasteiger partial charge in [0.2, 0.25) is 0 Å². The highest BCUT2D eigenvalue weighted by atomic mass is 19.4. The number of allylic oxidation sites excluding steroid dienone is 1. The maximum Gasteiger partial charge on any atom is 0.460 e. The molecule has 27 heavy (non-hydrogen) atoms. The van der Waals surface area contributed by atoms with Crippen molar-refractivity contribution >= 4 is 5.97 Å². The Hall–Kier alpha value is -1.70. The Morgan fingerprint density at radius 3 is 1.44 bits per heavy atom. The summed E-state index contributed by atoms with van der Waals surface area (Å²) in [5, 5.41) is 0. The van der Waals surface area contributed by atoms with Crippen LogP contribution in [0.5, 0.6) is 0 Å². The van der Waals surface area contributed by atoms with E-state index in [-0.39, 0.29) is 6.92 Å². The fraction of sp³-hybridized carbons (Fsp3) is 0.750. The van der Waals surface area contributed by atoms with Crippen LogP contribution in [0.1, 0.15) is 13.8 Å². The fourth-order valence-electron chi connectivity index (χ4n) is 1.47. The molecule has 0 N–H and O–H groups in total. The van der Waals surface area contributed by atoms with E-state index in [1.165, 1.54) is 0 Å². The van der Waals surface area contributed by atoms with Gasteiger partial charge in [-0.05, 0) is 13.8 Å². The molecule has 160 valence electrons. The van der Waals surface area contributed by atoms with Gasteiger partial charge in [-0.3, -0.25) is 0 Å². The van der Waals surface area contributed by atoms with E-state index in [9.17, 15) is 61.9 Å². The van der Waals surface area contributed by atoms with Crippen LogP contribution in [0.2, 0.25) is 0 Å². The van der Waals surface area contributed by atoms with Crippen molar-refractivity contribution in [2.24, 2.45) is 0 Å². The van der Waals surface area contributed by atoms with Crippen molar-refractivity contribution in [2.75, 3.05) is 6.61 Å². The van der Waals surface area contributed by atoms with Crippen molar-refractivity contribution in [1.82, 2.24) is 0 Å². The molecule has 2 nitrogen and oxygen atoms in total. The van der Waals surface area contributed by atoms with Crippen molar-refractivity contribution < 1.29 is 66.6 Å². The number of halogens is 13. The van der Waals surface area contributed by atoms with E-state index in [1.54, 1.807) is 0 Å². The van der Waals surface area contributed by atoms with Crippen molar-refractivity contribution in [3.8, 4) is 0 Å².